The lowest BCUT2D eigenvalue weighted by atomic mass is 9.99. The summed E-state index contributed by atoms with van der Waals surface area (Å²) in [5.74, 6) is -0.854. The molecule has 318 valence electrons. The van der Waals surface area contributed by atoms with Gasteiger partial charge < -0.3 is 39.4 Å². The van der Waals surface area contributed by atoms with Gasteiger partial charge in [-0.2, -0.15) is 0 Å². The van der Waals surface area contributed by atoms with Gasteiger partial charge in [0.05, 0.1) is 13.2 Å². The molecule has 1 aliphatic heterocycles. The van der Waals surface area contributed by atoms with Gasteiger partial charge in [0.1, 0.15) is 31.0 Å². The van der Waals surface area contributed by atoms with Crippen molar-refractivity contribution in [2.75, 3.05) is 19.8 Å². The molecule has 2 unspecified atom stereocenters. The second kappa shape index (κ2) is 35.8. The summed E-state index contributed by atoms with van der Waals surface area (Å²) >= 11 is 0. The number of aliphatic hydroxyl groups excluding tert-OH is 4. The minimum atomic E-state index is -1.59. The van der Waals surface area contributed by atoms with Gasteiger partial charge >= 0.3 is 11.9 Å². The molecule has 1 rings (SSSR count). The Balaban J connectivity index is 2.35. The van der Waals surface area contributed by atoms with Crippen LogP contribution in [-0.2, 0) is 28.5 Å². The Bertz CT molecular complexity index is 897. The van der Waals surface area contributed by atoms with Crippen molar-refractivity contribution in [3.8, 4) is 0 Å². The molecule has 1 saturated heterocycles. The number of aliphatic hydroxyl groups is 4. The van der Waals surface area contributed by atoms with Crippen LogP contribution in [0.4, 0.5) is 0 Å². The fourth-order valence-corrected chi connectivity index (χ4v) is 6.85. The predicted molar refractivity (Wildman–Crippen MR) is 215 cm³/mol. The van der Waals surface area contributed by atoms with E-state index in [4.69, 9.17) is 18.9 Å². The minimum Gasteiger partial charge on any atom is -0.462 e. The highest BCUT2D eigenvalue weighted by atomic mass is 16.7. The number of rotatable bonds is 37. The highest BCUT2D eigenvalue weighted by Crippen LogP contribution is 2.23. The van der Waals surface area contributed by atoms with Crippen molar-refractivity contribution in [3.05, 3.63) is 12.2 Å². The van der Waals surface area contributed by atoms with Crippen LogP contribution in [0.15, 0.2) is 12.2 Å². The summed E-state index contributed by atoms with van der Waals surface area (Å²) in [7, 11) is 0. The lowest BCUT2D eigenvalue weighted by Gasteiger charge is -2.39. The fraction of sp³-hybridized carbons (Fsp3) is 0.909. The van der Waals surface area contributed by atoms with Gasteiger partial charge in [0, 0.05) is 12.8 Å². The molecule has 0 aromatic heterocycles. The first-order valence-electron chi connectivity index (χ1n) is 22.3. The predicted octanol–water partition coefficient (Wildman–Crippen LogP) is 9.17. The van der Waals surface area contributed by atoms with Crippen molar-refractivity contribution >= 4 is 11.9 Å². The summed E-state index contributed by atoms with van der Waals surface area (Å²) in [5, 5.41) is 40.0. The molecule has 54 heavy (non-hydrogen) atoms. The molecule has 4 N–H and O–H groups in total. The van der Waals surface area contributed by atoms with E-state index in [-0.39, 0.29) is 26.1 Å². The molecule has 10 heteroatoms. The molecule has 0 bridgehead atoms. The third-order valence-electron chi connectivity index (χ3n) is 10.4. The van der Waals surface area contributed by atoms with Crippen LogP contribution in [0.5, 0.6) is 0 Å². The van der Waals surface area contributed by atoms with Crippen LogP contribution in [0.1, 0.15) is 200 Å². The van der Waals surface area contributed by atoms with E-state index in [1.54, 1.807) is 0 Å². The smallest absolute Gasteiger partial charge is 0.306 e. The third-order valence-corrected chi connectivity index (χ3v) is 10.4. The van der Waals surface area contributed by atoms with Crippen molar-refractivity contribution in [2.24, 2.45) is 0 Å². The summed E-state index contributed by atoms with van der Waals surface area (Å²) in [6.45, 7) is 3.40. The van der Waals surface area contributed by atoms with Crippen LogP contribution in [0, 0.1) is 0 Å². The number of ether oxygens (including phenoxy) is 4. The molecule has 6 atom stereocenters. The number of hydrogen-bond acceptors (Lipinski definition) is 10. The number of hydrogen-bond donors (Lipinski definition) is 4. The minimum absolute atomic E-state index is 0.196. The van der Waals surface area contributed by atoms with Gasteiger partial charge in [0.2, 0.25) is 0 Å². The van der Waals surface area contributed by atoms with Gasteiger partial charge in [-0.25, -0.2) is 0 Å². The number of carbonyl (C=O) groups is 2. The van der Waals surface area contributed by atoms with Crippen molar-refractivity contribution < 1.29 is 49.0 Å². The SMILES string of the molecule is CCCCCCCCCCCCC/C=C/CCC(=O)OC[C@@H](CO[C@H]1O[C@@H](CO)[C@@H](O)C(O)C1O)OC(=O)CCCCCCCCCCCCCCCC. The van der Waals surface area contributed by atoms with Crippen molar-refractivity contribution in [1.82, 2.24) is 0 Å². The Morgan fingerprint density at radius 2 is 1.02 bits per heavy atom. The van der Waals surface area contributed by atoms with Crippen molar-refractivity contribution in [3.63, 3.8) is 0 Å². The Morgan fingerprint density at radius 3 is 1.52 bits per heavy atom. The average molecular weight is 771 g/mol. The normalized spacial score (nSPS) is 20.7. The zero-order chi connectivity index (χ0) is 39.5. The van der Waals surface area contributed by atoms with Crippen LogP contribution in [0.25, 0.3) is 0 Å². The maximum absolute atomic E-state index is 12.7. The van der Waals surface area contributed by atoms with Crippen LogP contribution in [0.2, 0.25) is 0 Å². The first kappa shape index (κ1) is 50.5. The molecule has 0 spiro atoms. The van der Waals surface area contributed by atoms with E-state index >= 15 is 0 Å². The van der Waals surface area contributed by atoms with Gasteiger partial charge in [0.15, 0.2) is 12.4 Å². The molecule has 10 nitrogen and oxygen atoms in total. The van der Waals surface area contributed by atoms with Gasteiger partial charge in [0.25, 0.3) is 0 Å². The van der Waals surface area contributed by atoms with E-state index in [1.165, 1.54) is 128 Å². The van der Waals surface area contributed by atoms with Crippen LogP contribution in [0.3, 0.4) is 0 Å². The maximum atomic E-state index is 12.7. The molecule has 0 aliphatic carbocycles. The quantitative estimate of drug-likeness (QED) is 0.0273. The number of carbonyl (C=O) groups excluding carboxylic acids is 2. The lowest BCUT2D eigenvalue weighted by Crippen LogP contribution is -2.59. The number of allylic oxidation sites excluding steroid dienone is 2. The molecule has 0 aromatic rings. The Morgan fingerprint density at radius 1 is 0.556 bits per heavy atom. The first-order chi connectivity index (χ1) is 26.3. The van der Waals surface area contributed by atoms with Crippen molar-refractivity contribution in [1.29, 1.82) is 0 Å². The van der Waals surface area contributed by atoms with Gasteiger partial charge in [-0.15, -0.1) is 0 Å². The molecule has 1 heterocycles. The average Bonchev–Trinajstić information content (AvgIpc) is 3.17. The second-order valence-corrected chi connectivity index (χ2v) is 15.5. The molecular formula is C44H82O10. The summed E-state index contributed by atoms with van der Waals surface area (Å²) < 4.78 is 22.1. The van der Waals surface area contributed by atoms with Gasteiger partial charge in [-0.05, 0) is 25.7 Å². The molecule has 1 fully saturated rings. The number of unbranched alkanes of at least 4 members (excludes halogenated alkanes) is 24. The zero-order valence-electron chi connectivity index (χ0n) is 34.5. The van der Waals surface area contributed by atoms with E-state index in [0.717, 1.165) is 32.1 Å². The van der Waals surface area contributed by atoms with Crippen LogP contribution in [-0.4, -0.2) is 89.0 Å². The van der Waals surface area contributed by atoms with E-state index < -0.39 is 55.4 Å². The first-order valence-corrected chi connectivity index (χ1v) is 22.3. The molecule has 0 aromatic carbocycles. The Hall–Kier alpha value is -1.56. The molecule has 0 amide bonds. The summed E-state index contributed by atoms with van der Waals surface area (Å²) in [6, 6.07) is 0. The highest BCUT2D eigenvalue weighted by molar-refractivity contribution is 5.70. The van der Waals surface area contributed by atoms with E-state index in [0.29, 0.717) is 12.8 Å². The van der Waals surface area contributed by atoms with Crippen LogP contribution < -0.4 is 0 Å². The monoisotopic (exact) mass is 771 g/mol. The third kappa shape index (κ3) is 27.1. The topological polar surface area (TPSA) is 152 Å². The Kier molecular flexibility index (Phi) is 33.5. The second-order valence-electron chi connectivity index (χ2n) is 15.5. The fourth-order valence-electron chi connectivity index (χ4n) is 6.85. The van der Waals surface area contributed by atoms with Gasteiger partial charge in [-0.1, -0.05) is 174 Å². The summed E-state index contributed by atoms with van der Waals surface area (Å²) in [6.07, 6.45) is 29.4. The van der Waals surface area contributed by atoms with Crippen molar-refractivity contribution in [2.45, 2.75) is 237 Å². The van der Waals surface area contributed by atoms with E-state index in [1.807, 2.05) is 6.08 Å². The van der Waals surface area contributed by atoms with E-state index in [2.05, 4.69) is 19.9 Å². The van der Waals surface area contributed by atoms with Crippen LogP contribution >= 0.6 is 0 Å². The zero-order valence-corrected chi connectivity index (χ0v) is 34.5. The summed E-state index contributed by atoms with van der Waals surface area (Å²) in [4.78, 5) is 25.3. The number of esters is 2. The standard InChI is InChI=1S/C44H82O10/c1-3-5-7-9-11-13-15-17-19-21-22-24-26-28-30-32-39(46)51-35-37(36-52-44-43(50)42(49)41(48)38(34-45)54-44)53-40(47)33-31-29-27-25-23-20-18-16-14-12-10-8-6-4-2/h26,28,37-38,41-45,48-50H,3-25,27,29-36H2,1-2H3/b28-26+/t37-,38-,41+,42?,43?,44-/m0/s1. The summed E-state index contributed by atoms with van der Waals surface area (Å²) in [5.41, 5.74) is 0. The Labute approximate surface area is 329 Å². The maximum Gasteiger partial charge on any atom is 0.306 e. The largest absolute Gasteiger partial charge is 0.462 e. The molecule has 0 saturated carbocycles. The molecule has 0 radical (unpaired) electrons. The van der Waals surface area contributed by atoms with E-state index in [9.17, 15) is 30.0 Å². The highest BCUT2D eigenvalue weighted by Gasteiger charge is 2.44. The molecular weight excluding hydrogens is 688 g/mol. The lowest BCUT2D eigenvalue weighted by molar-refractivity contribution is -0.305. The van der Waals surface area contributed by atoms with Gasteiger partial charge in [-0.3, -0.25) is 9.59 Å². The molecule has 1 aliphatic rings.